The molecule has 0 unspecified atom stereocenters. The molecule has 1 radical (unpaired) electrons. The Morgan fingerprint density at radius 2 is 0.846 bits per heavy atom. The maximum Gasteiger partial charge on any atom is 2.00 e. The monoisotopic (exact) mass is 281 g/mol. The molecule has 0 aliphatic heterocycles. The van der Waals surface area contributed by atoms with Gasteiger partial charge in [-0.3, -0.25) is 8.42 Å². The summed E-state index contributed by atoms with van der Waals surface area (Å²) in [4.78, 5) is 0. The molecular weight excluding hydrogens is 268 g/mol. The zero-order chi connectivity index (χ0) is 6.50. The van der Waals surface area contributed by atoms with Crippen molar-refractivity contribution in [1.82, 2.24) is 0 Å². The van der Waals surface area contributed by atoms with Gasteiger partial charge in [-0.05, 0) is 0 Å². The van der Waals surface area contributed by atoms with Crippen molar-refractivity contribution >= 4 is 10.4 Å². The summed E-state index contributed by atoms with van der Waals surface area (Å²) in [5, 5.41) is 7.00. The van der Waals surface area contributed by atoms with Gasteiger partial charge in [-0.15, -0.1) is 0 Å². The Kier molecular flexibility index (Phi) is 225. The number of rotatable bonds is 0. The summed E-state index contributed by atoms with van der Waals surface area (Å²) in [6, 6.07) is 0. The molecule has 0 aromatic heterocycles. The summed E-state index contributed by atoms with van der Waals surface area (Å²) in [5.41, 5.74) is 0. The van der Waals surface area contributed by atoms with E-state index in [-0.39, 0.29) is 44.4 Å². The molecule has 0 saturated carbocycles. The van der Waals surface area contributed by atoms with E-state index in [2.05, 4.69) is 0 Å². The van der Waals surface area contributed by atoms with E-state index in [0.29, 0.717) is 0 Å². The van der Waals surface area contributed by atoms with Gasteiger partial charge in [0.1, 0.15) is 0 Å². The molecule has 0 atom stereocenters. The molecule has 95 valence electrons. The zero-order valence-corrected chi connectivity index (χ0v) is 8.05. The fraction of sp³-hybridized carbons (Fsp3) is 1.00. The van der Waals surface area contributed by atoms with E-state index in [1.165, 1.54) is 0 Å². The first-order valence-corrected chi connectivity index (χ1v) is 2.45. The first-order valence-electron chi connectivity index (χ1n) is 1.11. The second kappa shape index (κ2) is 39.9. The van der Waals surface area contributed by atoms with Crippen molar-refractivity contribution in [3.8, 4) is 0 Å². The van der Waals surface area contributed by atoms with Crippen LogP contribution in [0.4, 0.5) is 0 Å². The van der Waals surface area contributed by atoms with Crippen molar-refractivity contribution in [2.24, 2.45) is 0 Å². The van der Waals surface area contributed by atoms with Crippen LogP contribution in [0.15, 0.2) is 0 Å². The summed E-state index contributed by atoms with van der Waals surface area (Å²) in [6.07, 6.45) is 0. The van der Waals surface area contributed by atoms with E-state index in [1.54, 1.807) is 0 Å². The van der Waals surface area contributed by atoms with Gasteiger partial charge >= 0.3 is 17.1 Å². The molecule has 0 rings (SSSR count). The molecule has 0 aliphatic carbocycles. The number of hydrogen-bond acceptors (Lipinski definition) is 5. The second-order valence-electron chi connectivity index (χ2n) is 0.408. The Hall–Kier alpha value is 0.149. The normalized spacial score (nSPS) is 4.92. The van der Waals surface area contributed by atoms with Crippen LogP contribution < -0.4 is 0 Å². The second-order valence-corrected chi connectivity index (χ2v) is 1.22. The van der Waals surface area contributed by atoms with Gasteiger partial charge < -0.3 is 41.6 Å². The average Bonchev–Trinajstić information content (AvgIpc) is 1.36. The molecule has 0 saturated heterocycles. The van der Waals surface area contributed by atoms with Crippen molar-refractivity contribution in [3.05, 3.63) is 0 Å². The van der Waals surface area contributed by atoms with E-state index >= 15 is 0 Å². The van der Waals surface area contributed by atoms with Gasteiger partial charge in [-0.1, -0.05) is 0 Å². The van der Waals surface area contributed by atoms with Gasteiger partial charge in [0, 0.05) is 17.5 Å². The van der Waals surface area contributed by atoms with Crippen molar-refractivity contribution in [2.75, 3.05) is 7.11 Å². The van der Waals surface area contributed by atoms with Gasteiger partial charge in [0.25, 0.3) is 0 Å². The third-order valence-electron chi connectivity index (χ3n) is 0. The molecule has 0 heterocycles. The molecule has 12 heteroatoms. The Labute approximate surface area is 85.2 Å². The van der Waals surface area contributed by atoms with Crippen LogP contribution >= 0.6 is 0 Å². The smallest absolute Gasteiger partial charge is 0.759 e. The number of aliphatic hydroxyl groups excluding tert-OH is 1. The Bertz CT molecular complexity index is 98.1. The van der Waals surface area contributed by atoms with Gasteiger partial charge in [-0.25, -0.2) is 0 Å². The third-order valence-corrected chi connectivity index (χ3v) is 0. The topological polar surface area (TPSA) is 258 Å². The first kappa shape index (κ1) is 73.2. The Balaban J connectivity index is -0.00000000492. The maximum absolute atomic E-state index is 8.52. The molecule has 11 N–H and O–H groups in total. The van der Waals surface area contributed by atoms with Crippen molar-refractivity contribution in [2.45, 2.75) is 0 Å². The quantitative estimate of drug-likeness (QED) is 0.257. The Morgan fingerprint density at radius 3 is 0.846 bits per heavy atom. The number of hydrogen-bond donors (Lipinski definition) is 1. The molecule has 0 bridgehead atoms. The van der Waals surface area contributed by atoms with Crippen molar-refractivity contribution in [1.29, 1.82) is 0 Å². The molecule has 0 aliphatic rings. The van der Waals surface area contributed by atoms with E-state index < -0.39 is 10.4 Å². The fourth-order valence-corrected chi connectivity index (χ4v) is 0. The van der Waals surface area contributed by atoms with E-state index in [9.17, 15) is 0 Å². The summed E-state index contributed by atoms with van der Waals surface area (Å²) in [6.45, 7) is 0. The maximum atomic E-state index is 8.52. The standard InChI is InChI=1S/CH4O.Cu.H2O4S.5H2O/c1-2;;1-5(2,3)4;;;;;/h2H,1H3;;(H2,1,2,3,4);5*1H2/q;+2;;;;;;/p-2. The van der Waals surface area contributed by atoms with Crippen molar-refractivity contribution in [3.63, 3.8) is 0 Å². The van der Waals surface area contributed by atoms with Crippen LogP contribution in [0.3, 0.4) is 0 Å². The predicted molar refractivity (Wildman–Crippen MR) is 36.7 cm³/mol. The van der Waals surface area contributed by atoms with Crippen LogP contribution in [0, 0.1) is 0 Å². The van der Waals surface area contributed by atoms with Gasteiger partial charge in [-0.2, -0.15) is 0 Å². The molecule has 10 nitrogen and oxygen atoms in total. The van der Waals surface area contributed by atoms with Crippen molar-refractivity contribution < 1.29 is 67.1 Å². The Morgan fingerprint density at radius 1 is 0.846 bits per heavy atom. The third kappa shape index (κ3) is 56000. The van der Waals surface area contributed by atoms with Gasteiger partial charge in [0.15, 0.2) is 0 Å². The minimum absolute atomic E-state index is 0. The fourth-order valence-electron chi connectivity index (χ4n) is 0. The van der Waals surface area contributed by atoms with Crippen LogP contribution in [0.2, 0.25) is 0 Å². The molecule has 0 aromatic rings. The molecule has 0 aromatic carbocycles. The van der Waals surface area contributed by atoms with Crippen LogP contribution in [-0.2, 0) is 27.5 Å². The zero-order valence-electron chi connectivity index (χ0n) is 6.29. The van der Waals surface area contributed by atoms with Crippen LogP contribution in [0.1, 0.15) is 0 Å². The number of aliphatic hydroxyl groups is 1. The predicted octanol–water partition coefficient (Wildman–Crippen LogP) is -5.86. The molecular formula is CH14CuO10S. The van der Waals surface area contributed by atoms with E-state index in [0.717, 1.165) is 7.11 Å². The summed E-state index contributed by atoms with van der Waals surface area (Å²) >= 11 is 0. The SMILES string of the molecule is CO.O.O.O.O.O.O=S(=O)([O-])[O-].[Cu+2]. The largest absolute Gasteiger partial charge is 2.00 e. The van der Waals surface area contributed by atoms with Crippen LogP contribution in [0.25, 0.3) is 0 Å². The summed E-state index contributed by atoms with van der Waals surface area (Å²) in [7, 11) is -4.17. The molecule has 0 fully saturated rings. The summed E-state index contributed by atoms with van der Waals surface area (Å²) in [5.74, 6) is 0. The van der Waals surface area contributed by atoms with Gasteiger partial charge in [0.2, 0.25) is 0 Å². The minimum atomic E-state index is -5.17. The molecule has 0 amide bonds. The van der Waals surface area contributed by atoms with E-state index in [4.69, 9.17) is 22.6 Å². The summed E-state index contributed by atoms with van der Waals surface area (Å²) < 4.78 is 34.1. The van der Waals surface area contributed by atoms with Gasteiger partial charge in [0.05, 0.1) is 0 Å². The first-order chi connectivity index (χ1) is 3.00. The van der Waals surface area contributed by atoms with Crippen LogP contribution in [-0.4, -0.2) is 57.1 Å². The van der Waals surface area contributed by atoms with Crippen LogP contribution in [0.5, 0.6) is 0 Å². The molecule has 13 heavy (non-hydrogen) atoms. The molecule has 0 spiro atoms. The minimum Gasteiger partial charge on any atom is -0.759 e. The van der Waals surface area contributed by atoms with E-state index in [1.807, 2.05) is 0 Å². The average molecular weight is 282 g/mol.